The fraction of sp³-hybridized carbons (Fsp3) is 1.00. The number of likely N-dealkylation sites (tertiary alicyclic amines) is 1. The van der Waals surface area contributed by atoms with Crippen LogP contribution in [0.4, 0.5) is 0 Å². The number of rotatable bonds is 4. The molecule has 1 fully saturated rings. The molecule has 1 heterocycles. The van der Waals surface area contributed by atoms with Crippen LogP contribution in [0.1, 0.15) is 19.8 Å². The summed E-state index contributed by atoms with van der Waals surface area (Å²) in [6, 6.07) is 0. The Bertz CT molecular complexity index is 128. The van der Waals surface area contributed by atoms with Crippen LogP contribution < -0.4 is 0 Å². The lowest BCUT2D eigenvalue weighted by Gasteiger charge is -2.17. The number of hydrogen-bond acceptors (Lipinski definition) is 3. The summed E-state index contributed by atoms with van der Waals surface area (Å²) in [5.74, 6) is 0.647. The van der Waals surface area contributed by atoms with Gasteiger partial charge in [0, 0.05) is 19.7 Å². The first-order valence-electron chi connectivity index (χ1n) is 4.73. The second-order valence-electron chi connectivity index (χ2n) is 3.78. The minimum atomic E-state index is -0.224. The topological polar surface area (TPSA) is 43.7 Å². The third kappa shape index (κ3) is 3.09. The summed E-state index contributed by atoms with van der Waals surface area (Å²) in [6.07, 6.45) is 1.86. The molecule has 1 saturated heterocycles. The molecule has 0 aromatic rings. The highest BCUT2D eigenvalue weighted by Crippen LogP contribution is 2.18. The Labute approximate surface area is 74.0 Å². The van der Waals surface area contributed by atoms with E-state index < -0.39 is 0 Å². The normalized spacial score (nSPS) is 27.8. The lowest BCUT2D eigenvalue weighted by atomic mass is 10.1. The third-order valence-electron chi connectivity index (χ3n) is 2.43. The van der Waals surface area contributed by atoms with Gasteiger partial charge in [0.1, 0.15) is 0 Å². The smallest absolute Gasteiger partial charge is 0.0639 e. The van der Waals surface area contributed by atoms with E-state index in [4.69, 9.17) is 10.2 Å². The number of aliphatic hydroxyl groups excluding tert-OH is 2. The molecule has 0 amide bonds. The van der Waals surface area contributed by atoms with Gasteiger partial charge in [-0.15, -0.1) is 0 Å². The Kier molecular flexibility index (Phi) is 3.98. The summed E-state index contributed by atoms with van der Waals surface area (Å²) in [5, 5.41) is 17.9. The third-order valence-corrected chi connectivity index (χ3v) is 2.43. The summed E-state index contributed by atoms with van der Waals surface area (Å²) in [5.41, 5.74) is 0. The first-order chi connectivity index (χ1) is 5.72. The zero-order valence-corrected chi connectivity index (χ0v) is 7.74. The summed E-state index contributed by atoms with van der Waals surface area (Å²) in [7, 11) is 0. The fourth-order valence-corrected chi connectivity index (χ4v) is 1.87. The summed E-state index contributed by atoms with van der Waals surface area (Å²) in [6.45, 7) is 5.02. The average molecular weight is 173 g/mol. The molecule has 0 spiro atoms. The standard InChI is InChI=1S/C9H19NO2/c1-8(12)6-10-4-2-9(7-10)3-5-11/h8-9,11-12H,2-7H2,1H3. The van der Waals surface area contributed by atoms with Crippen molar-refractivity contribution in [3.8, 4) is 0 Å². The van der Waals surface area contributed by atoms with Crippen LogP contribution in [-0.2, 0) is 0 Å². The SMILES string of the molecule is CC(O)CN1CCC(CCO)C1. The Hall–Kier alpha value is -0.120. The molecule has 0 aromatic carbocycles. The molecular weight excluding hydrogens is 154 g/mol. The van der Waals surface area contributed by atoms with Crippen LogP contribution in [0, 0.1) is 5.92 Å². The molecule has 0 radical (unpaired) electrons. The monoisotopic (exact) mass is 173 g/mol. The van der Waals surface area contributed by atoms with E-state index >= 15 is 0 Å². The maximum atomic E-state index is 9.14. The van der Waals surface area contributed by atoms with Crippen LogP contribution in [0.25, 0.3) is 0 Å². The van der Waals surface area contributed by atoms with Crippen molar-refractivity contribution in [3.63, 3.8) is 0 Å². The van der Waals surface area contributed by atoms with Crippen molar-refractivity contribution in [2.45, 2.75) is 25.9 Å². The van der Waals surface area contributed by atoms with Gasteiger partial charge in [0.2, 0.25) is 0 Å². The van der Waals surface area contributed by atoms with E-state index in [9.17, 15) is 0 Å². The van der Waals surface area contributed by atoms with Crippen LogP contribution in [0.2, 0.25) is 0 Å². The van der Waals surface area contributed by atoms with E-state index in [1.54, 1.807) is 0 Å². The van der Waals surface area contributed by atoms with Crippen molar-refractivity contribution < 1.29 is 10.2 Å². The van der Waals surface area contributed by atoms with E-state index in [0.29, 0.717) is 12.5 Å². The van der Waals surface area contributed by atoms with Gasteiger partial charge in [-0.25, -0.2) is 0 Å². The molecular formula is C9H19NO2. The summed E-state index contributed by atoms with van der Waals surface area (Å²) >= 11 is 0. The predicted molar refractivity (Wildman–Crippen MR) is 47.9 cm³/mol. The van der Waals surface area contributed by atoms with Crippen molar-refractivity contribution in [1.82, 2.24) is 4.90 Å². The van der Waals surface area contributed by atoms with Gasteiger partial charge in [-0.3, -0.25) is 0 Å². The highest BCUT2D eigenvalue weighted by Gasteiger charge is 2.22. The average Bonchev–Trinajstić information content (AvgIpc) is 2.36. The quantitative estimate of drug-likeness (QED) is 0.632. The minimum Gasteiger partial charge on any atom is -0.396 e. The number of aliphatic hydroxyl groups is 2. The predicted octanol–water partition coefficient (Wildman–Crippen LogP) is 0.0715. The second kappa shape index (κ2) is 4.80. The van der Waals surface area contributed by atoms with Gasteiger partial charge in [-0.1, -0.05) is 0 Å². The zero-order valence-electron chi connectivity index (χ0n) is 7.74. The van der Waals surface area contributed by atoms with E-state index in [0.717, 1.165) is 26.1 Å². The van der Waals surface area contributed by atoms with Crippen molar-refractivity contribution in [2.75, 3.05) is 26.2 Å². The van der Waals surface area contributed by atoms with E-state index in [1.165, 1.54) is 6.42 Å². The van der Waals surface area contributed by atoms with E-state index in [1.807, 2.05) is 6.92 Å². The Morgan fingerprint density at radius 2 is 2.33 bits per heavy atom. The second-order valence-corrected chi connectivity index (χ2v) is 3.78. The molecule has 3 nitrogen and oxygen atoms in total. The highest BCUT2D eigenvalue weighted by molar-refractivity contribution is 4.76. The molecule has 1 aliphatic heterocycles. The van der Waals surface area contributed by atoms with Gasteiger partial charge in [-0.2, -0.15) is 0 Å². The molecule has 0 aliphatic carbocycles. The van der Waals surface area contributed by atoms with Crippen LogP contribution >= 0.6 is 0 Å². The van der Waals surface area contributed by atoms with Gasteiger partial charge in [0.15, 0.2) is 0 Å². The van der Waals surface area contributed by atoms with Crippen LogP contribution in [0.5, 0.6) is 0 Å². The molecule has 0 saturated carbocycles. The first kappa shape index (κ1) is 9.96. The zero-order chi connectivity index (χ0) is 8.97. The lowest BCUT2D eigenvalue weighted by molar-refractivity contribution is 0.137. The Balaban J connectivity index is 2.16. The van der Waals surface area contributed by atoms with Gasteiger partial charge in [0.25, 0.3) is 0 Å². The molecule has 1 aliphatic rings. The van der Waals surface area contributed by atoms with Crippen LogP contribution in [0.15, 0.2) is 0 Å². The van der Waals surface area contributed by atoms with Crippen molar-refractivity contribution in [2.24, 2.45) is 5.92 Å². The van der Waals surface area contributed by atoms with Gasteiger partial charge in [-0.05, 0) is 32.2 Å². The van der Waals surface area contributed by atoms with Crippen molar-refractivity contribution in [1.29, 1.82) is 0 Å². The van der Waals surface area contributed by atoms with E-state index in [2.05, 4.69) is 4.90 Å². The molecule has 2 atom stereocenters. The molecule has 1 rings (SSSR count). The van der Waals surface area contributed by atoms with Gasteiger partial charge >= 0.3 is 0 Å². The number of β-amino-alcohol motifs (C(OH)–C–C–N with tert-alkyl or cyclic N) is 1. The van der Waals surface area contributed by atoms with Crippen LogP contribution in [-0.4, -0.2) is 47.5 Å². The van der Waals surface area contributed by atoms with Gasteiger partial charge in [0.05, 0.1) is 6.10 Å². The largest absolute Gasteiger partial charge is 0.396 e. The molecule has 2 N–H and O–H groups in total. The van der Waals surface area contributed by atoms with Crippen molar-refractivity contribution in [3.05, 3.63) is 0 Å². The summed E-state index contributed by atoms with van der Waals surface area (Å²) in [4.78, 5) is 2.27. The van der Waals surface area contributed by atoms with Crippen molar-refractivity contribution >= 4 is 0 Å². The molecule has 12 heavy (non-hydrogen) atoms. The number of hydrogen-bond donors (Lipinski definition) is 2. The Morgan fingerprint density at radius 3 is 2.92 bits per heavy atom. The van der Waals surface area contributed by atoms with Gasteiger partial charge < -0.3 is 15.1 Å². The van der Waals surface area contributed by atoms with E-state index in [-0.39, 0.29) is 6.10 Å². The Morgan fingerprint density at radius 1 is 1.58 bits per heavy atom. The highest BCUT2D eigenvalue weighted by atomic mass is 16.3. The molecule has 0 bridgehead atoms. The maximum absolute atomic E-state index is 9.14. The maximum Gasteiger partial charge on any atom is 0.0639 e. The lowest BCUT2D eigenvalue weighted by Crippen LogP contribution is -2.29. The number of nitrogens with zero attached hydrogens (tertiary/aromatic N) is 1. The molecule has 72 valence electrons. The van der Waals surface area contributed by atoms with Crippen LogP contribution in [0.3, 0.4) is 0 Å². The first-order valence-corrected chi connectivity index (χ1v) is 4.73. The minimum absolute atomic E-state index is 0.224. The molecule has 3 heteroatoms. The fourth-order valence-electron chi connectivity index (χ4n) is 1.87. The summed E-state index contributed by atoms with van der Waals surface area (Å²) < 4.78 is 0. The molecule has 2 unspecified atom stereocenters. The molecule has 0 aromatic heterocycles.